The molecule has 1 aliphatic rings. The molecule has 2 N–H and O–H groups in total. The molecule has 124 valence electrons. The number of benzene rings is 2. The van der Waals surface area contributed by atoms with Gasteiger partial charge in [-0.1, -0.05) is 28.1 Å². The zero-order chi connectivity index (χ0) is 17.2. The molecule has 0 unspecified atom stereocenters. The number of rotatable bonds is 5. The number of likely N-dealkylation sites (N-methyl/N-ethyl adjacent to an activating group) is 1. The number of carbonyl (C=O) groups is 2. The van der Waals surface area contributed by atoms with Crippen molar-refractivity contribution in [3.05, 3.63) is 64.1 Å². The maximum absolute atomic E-state index is 12.2. The molecular formula is C19H19BrN2O2. The van der Waals surface area contributed by atoms with Crippen LogP contribution in [0.15, 0.2) is 53.0 Å². The number of nitrogens with one attached hydrogen (secondary N) is 2. The Bertz CT molecular complexity index is 750. The summed E-state index contributed by atoms with van der Waals surface area (Å²) in [5.41, 5.74) is 1.96. The predicted molar refractivity (Wildman–Crippen MR) is 98.1 cm³/mol. The van der Waals surface area contributed by atoms with Crippen molar-refractivity contribution in [2.45, 2.75) is 25.2 Å². The van der Waals surface area contributed by atoms with Crippen LogP contribution in [0, 0.1) is 0 Å². The fourth-order valence-corrected chi connectivity index (χ4v) is 3.04. The van der Waals surface area contributed by atoms with Gasteiger partial charge in [-0.25, -0.2) is 0 Å². The number of hydrogen-bond donors (Lipinski definition) is 2. The van der Waals surface area contributed by atoms with Crippen LogP contribution in [0.1, 0.15) is 35.7 Å². The van der Waals surface area contributed by atoms with Gasteiger partial charge in [0, 0.05) is 22.3 Å². The fourth-order valence-electron chi connectivity index (χ4n) is 2.78. The van der Waals surface area contributed by atoms with Crippen molar-refractivity contribution in [2.24, 2.45) is 0 Å². The summed E-state index contributed by atoms with van der Waals surface area (Å²) < 4.78 is 0.934. The molecule has 3 rings (SSSR count). The fraction of sp³-hybridized carbons (Fsp3) is 0.263. The molecule has 0 aromatic heterocycles. The average molecular weight is 387 g/mol. The monoisotopic (exact) mass is 386 g/mol. The van der Waals surface area contributed by atoms with Gasteiger partial charge in [0.2, 0.25) is 5.91 Å². The van der Waals surface area contributed by atoms with E-state index in [0.717, 1.165) is 28.6 Å². The molecule has 5 heteroatoms. The zero-order valence-corrected chi connectivity index (χ0v) is 15.0. The maximum Gasteiger partial charge on any atom is 0.255 e. The van der Waals surface area contributed by atoms with Crippen molar-refractivity contribution in [1.29, 1.82) is 0 Å². The molecule has 1 fully saturated rings. The molecule has 0 aliphatic heterocycles. The van der Waals surface area contributed by atoms with Crippen molar-refractivity contribution < 1.29 is 9.59 Å². The molecular weight excluding hydrogens is 368 g/mol. The molecule has 0 bridgehead atoms. The highest BCUT2D eigenvalue weighted by Crippen LogP contribution is 2.48. The lowest BCUT2D eigenvalue weighted by Crippen LogP contribution is -2.34. The lowest BCUT2D eigenvalue weighted by atomic mass is 9.94. The van der Waals surface area contributed by atoms with Crippen LogP contribution in [0.5, 0.6) is 0 Å². The molecule has 0 spiro atoms. The minimum Gasteiger partial charge on any atom is -0.356 e. The Labute approximate surface area is 149 Å². The molecule has 2 aromatic rings. The molecule has 0 atom stereocenters. The summed E-state index contributed by atoms with van der Waals surface area (Å²) in [4.78, 5) is 24.4. The van der Waals surface area contributed by atoms with Gasteiger partial charge in [0.1, 0.15) is 0 Å². The first-order chi connectivity index (χ1) is 11.5. The van der Waals surface area contributed by atoms with Crippen LogP contribution < -0.4 is 10.6 Å². The quantitative estimate of drug-likeness (QED) is 0.819. The van der Waals surface area contributed by atoms with Crippen LogP contribution in [0.3, 0.4) is 0 Å². The highest BCUT2D eigenvalue weighted by atomic mass is 79.9. The van der Waals surface area contributed by atoms with Crippen LogP contribution in [0.2, 0.25) is 0 Å². The van der Waals surface area contributed by atoms with Crippen molar-refractivity contribution in [3.63, 3.8) is 0 Å². The van der Waals surface area contributed by atoms with E-state index in [1.165, 1.54) is 0 Å². The molecule has 2 aromatic carbocycles. The van der Waals surface area contributed by atoms with Crippen LogP contribution in [0.4, 0.5) is 5.69 Å². The van der Waals surface area contributed by atoms with E-state index in [4.69, 9.17) is 0 Å². The Morgan fingerprint density at radius 1 is 1.04 bits per heavy atom. The van der Waals surface area contributed by atoms with Gasteiger partial charge in [0.25, 0.3) is 5.91 Å². The summed E-state index contributed by atoms with van der Waals surface area (Å²) in [5.74, 6) is -0.0586. The largest absolute Gasteiger partial charge is 0.356 e. The smallest absolute Gasteiger partial charge is 0.255 e. The van der Waals surface area contributed by atoms with Gasteiger partial charge >= 0.3 is 0 Å². The molecule has 2 amide bonds. The number of hydrogen-bond acceptors (Lipinski definition) is 2. The lowest BCUT2D eigenvalue weighted by molar-refractivity contribution is -0.123. The predicted octanol–water partition coefficient (Wildman–Crippen LogP) is 3.87. The molecule has 4 nitrogen and oxygen atoms in total. The van der Waals surface area contributed by atoms with Gasteiger partial charge < -0.3 is 10.6 Å². The number of carbonyl (C=O) groups excluding carboxylic acids is 2. The Hall–Kier alpha value is -2.14. The van der Waals surface area contributed by atoms with Gasteiger partial charge in [0.05, 0.1) is 5.41 Å². The third-order valence-corrected chi connectivity index (χ3v) is 4.85. The number of amides is 2. The van der Waals surface area contributed by atoms with E-state index in [0.29, 0.717) is 12.1 Å². The Morgan fingerprint density at radius 3 is 2.21 bits per heavy atom. The third-order valence-electron chi connectivity index (χ3n) is 4.32. The minimum atomic E-state index is -0.371. The minimum absolute atomic E-state index is 0.0941. The number of halogens is 1. The average Bonchev–Trinajstić information content (AvgIpc) is 3.38. The van der Waals surface area contributed by atoms with Crippen molar-refractivity contribution in [1.82, 2.24) is 5.32 Å². The molecule has 24 heavy (non-hydrogen) atoms. The Morgan fingerprint density at radius 2 is 1.67 bits per heavy atom. The standard InChI is InChI=1S/C19H19BrN2O2/c1-2-21-18(24)19(11-12-19)14-5-9-16(10-6-14)22-17(23)13-3-7-15(20)8-4-13/h3-10H,2,11-12H2,1H3,(H,21,24)(H,22,23). The van der Waals surface area contributed by atoms with E-state index in [-0.39, 0.29) is 17.2 Å². The van der Waals surface area contributed by atoms with Crippen molar-refractivity contribution in [3.8, 4) is 0 Å². The SMILES string of the molecule is CCNC(=O)C1(c2ccc(NC(=O)c3ccc(Br)cc3)cc2)CC1. The second kappa shape index (κ2) is 6.77. The van der Waals surface area contributed by atoms with Crippen LogP contribution in [-0.4, -0.2) is 18.4 Å². The normalized spacial score (nSPS) is 14.8. The number of anilines is 1. The van der Waals surface area contributed by atoms with Gasteiger partial charge in [0.15, 0.2) is 0 Å². The van der Waals surface area contributed by atoms with Gasteiger partial charge in [-0.15, -0.1) is 0 Å². The summed E-state index contributed by atoms with van der Waals surface area (Å²) >= 11 is 3.35. The van der Waals surface area contributed by atoms with Gasteiger partial charge in [-0.3, -0.25) is 9.59 Å². The van der Waals surface area contributed by atoms with Gasteiger partial charge in [-0.05, 0) is 61.7 Å². The Kier molecular flexibility index (Phi) is 4.71. The van der Waals surface area contributed by atoms with E-state index >= 15 is 0 Å². The van der Waals surface area contributed by atoms with E-state index in [9.17, 15) is 9.59 Å². The van der Waals surface area contributed by atoms with E-state index < -0.39 is 0 Å². The van der Waals surface area contributed by atoms with Crippen LogP contribution in [0.25, 0.3) is 0 Å². The zero-order valence-electron chi connectivity index (χ0n) is 13.4. The van der Waals surface area contributed by atoms with Crippen molar-refractivity contribution >= 4 is 33.4 Å². The highest BCUT2D eigenvalue weighted by Gasteiger charge is 2.50. The first kappa shape index (κ1) is 16.7. The third kappa shape index (κ3) is 3.36. The van der Waals surface area contributed by atoms with E-state index in [2.05, 4.69) is 26.6 Å². The van der Waals surface area contributed by atoms with Crippen LogP contribution >= 0.6 is 15.9 Å². The topological polar surface area (TPSA) is 58.2 Å². The summed E-state index contributed by atoms with van der Waals surface area (Å²) in [6, 6.07) is 14.8. The van der Waals surface area contributed by atoms with E-state index in [1.54, 1.807) is 12.1 Å². The lowest BCUT2D eigenvalue weighted by Gasteiger charge is -2.15. The summed E-state index contributed by atoms with van der Waals surface area (Å²) in [6.07, 6.45) is 1.76. The molecule has 0 saturated heterocycles. The first-order valence-corrected chi connectivity index (χ1v) is 8.80. The summed E-state index contributed by atoms with van der Waals surface area (Å²) in [5, 5.41) is 5.78. The molecule has 1 aliphatic carbocycles. The Balaban J connectivity index is 1.70. The second-order valence-electron chi connectivity index (χ2n) is 5.98. The van der Waals surface area contributed by atoms with Crippen molar-refractivity contribution in [2.75, 3.05) is 11.9 Å². The van der Waals surface area contributed by atoms with E-state index in [1.807, 2.05) is 43.3 Å². The molecule has 0 radical (unpaired) electrons. The first-order valence-electron chi connectivity index (χ1n) is 8.01. The van der Waals surface area contributed by atoms with Crippen LogP contribution in [-0.2, 0) is 10.2 Å². The molecule has 0 heterocycles. The summed E-state index contributed by atoms with van der Waals surface area (Å²) in [7, 11) is 0. The maximum atomic E-state index is 12.2. The van der Waals surface area contributed by atoms with Gasteiger partial charge in [-0.2, -0.15) is 0 Å². The second-order valence-corrected chi connectivity index (χ2v) is 6.90. The molecule has 1 saturated carbocycles. The highest BCUT2D eigenvalue weighted by molar-refractivity contribution is 9.10. The summed E-state index contributed by atoms with van der Waals surface area (Å²) in [6.45, 7) is 2.57.